The average molecular weight is 251 g/mol. The minimum atomic E-state index is 0. The molecule has 1 fully saturated rings. The van der Waals surface area contributed by atoms with E-state index in [1.165, 1.54) is 6.42 Å². The summed E-state index contributed by atoms with van der Waals surface area (Å²) in [5.41, 5.74) is 1.14. The van der Waals surface area contributed by atoms with E-state index in [4.69, 9.17) is 4.74 Å². The van der Waals surface area contributed by atoms with Gasteiger partial charge in [0.1, 0.15) is 5.75 Å². The zero-order chi connectivity index (χ0) is 9.10. The first-order chi connectivity index (χ1) is 6.40. The molecule has 0 saturated carbocycles. The van der Waals surface area contributed by atoms with Crippen LogP contribution in [0.5, 0.6) is 5.75 Å². The van der Waals surface area contributed by atoms with Crippen LogP contribution in [0.2, 0.25) is 0 Å². The molecule has 86 valence electrons. The summed E-state index contributed by atoms with van der Waals surface area (Å²) in [5, 5.41) is 3.33. The van der Waals surface area contributed by atoms with Gasteiger partial charge in [0.2, 0.25) is 0 Å². The Morgan fingerprint density at radius 2 is 2.27 bits per heavy atom. The van der Waals surface area contributed by atoms with Crippen molar-refractivity contribution in [2.45, 2.75) is 12.3 Å². The van der Waals surface area contributed by atoms with Crippen LogP contribution in [0.15, 0.2) is 18.3 Å². The quantitative estimate of drug-likeness (QED) is 0.873. The monoisotopic (exact) mass is 250 g/mol. The fourth-order valence-corrected chi connectivity index (χ4v) is 1.69. The van der Waals surface area contributed by atoms with Gasteiger partial charge >= 0.3 is 0 Å². The predicted molar refractivity (Wildman–Crippen MR) is 65.5 cm³/mol. The smallest absolute Gasteiger partial charge is 0.122 e. The highest BCUT2D eigenvalue weighted by Crippen LogP contribution is 2.22. The average Bonchev–Trinajstić information content (AvgIpc) is 2.71. The molecule has 0 bridgehead atoms. The third-order valence-electron chi connectivity index (χ3n) is 2.47. The summed E-state index contributed by atoms with van der Waals surface area (Å²) in [4.78, 5) is 4.35. The van der Waals surface area contributed by atoms with E-state index in [0.29, 0.717) is 5.92 Å². The Hall–Kier alpha value is -0.510. The van der Waals surface area contributed by atoms with Crippen LogP contribution in [0, 0.1) is 0 Å². The molecule has 1 atom stereocenters. The molecule has 1 aliphatic rings. The zero-order valence-electron chi connectivity index (χ0n) is 8.60. The minimum absolute atomic E-state index is 0. The highest BCUT2D eigenvalue weighted by Gasteiger charge is 2.17. The maximum absolute atomic E-state index is 5.15. The summed E-state index contributed by atoms with van der Waals surface area (Å²) in [7, 11) is 1.69. The van der Waals surface area contributed by atoms with E-state index in [1.54, 1.807) is 7.11 Å². The van der Waals surface area contributed by atoms with E-state index in [2.05, 4.69) is 10.3 Å². The molecule has 15 heavy (non-hydrogen) atoms. The van der Waals surface area contributed by atoms with Gasteiger partial charge < -0.3 is 10.1 Å². The van der Waals surface area contributed by atoms with Crippen molar-refractivity contribution in [3.63, 3.8) is 0 Å². The minimum Gasteiger partial charge on any atom is -0.497 e. The van der Waals surface area contributed by atoms with Crippen LogP contribution in [-0.4, -0.2) is 25.2 Å². The summed E-state index contributed by atoms with van der Waals surface area (Å²) in [5.74, 6) is 1.46. The second-order valence-corrected chi connectivity index (χ2v) is 3.31. The number of hydrogen-bond acceptors (Lipinski definition) is 3. The topological polar surface area (TPSA) is 34.1 Å². The van der Waals surface area contributed by atoms with Crippen molar-refractivity contribution in [3.05, 3.63) is 24.0 Å². The molecule has 0 amide bonds. The van der Waals surface area contributed by atoms with Crippen molar-refractivity contribution in [2.24, 2.45) is 0 Å². The summed E-state index contributed by atoms with van der Waals surface area (Å²) in [6.07, 6.45) is 2.99. The third-order valence-corrected chi connectivity index (χ3v) is 2.47. The molecule has 1 unspecified atom stereocenters. The molecule has 1 N–H and O–H groups in total. The normalized spacial score (nSPS) is 18.9. The second-order valence-electron chi connectivity index (χ2n) is 3.31. The largest absolute Gasteiger partial charge is 0.497 e. The van der Waals surface area contributed by atoms with Gasteiger partial charge in [0.15, 0.2) is 0 Å². The van der Waals surface area contributed by atoms with Crippen molar-refractivity contribution >= 4 is 24.8 Å². The predicted octanol–water partition coefficient (Wildman–Crippen LogP) is 2.01. The Balaban J connectivity index is 0.000000980. The van der Waals surface area contributed by atoms with Crippen molar-refractivity contribution < 1.29 is 4.74 Å². The lowest BCUT2D eigenvalue weighted by molar-refractivity contribution is 0.413. The van der Waals surface area contributed by atoms with Crippen LogP contribution in [0.1, 0.15) is 18.0 Å². The van der Waals surface area contributed by atoms with Gasteiger partial charge in [-0.15, -0.1) is 24.8 Å². The molecule has 5 heteroatoms. The maximum atomic E-state index is 5.15. The summed E-state index contributed by atoms with van der Waals surface area (Å²) in [6.45, 7) is 2.14. The van der Waals surface area contributed by atoms with Crippen LogP contribution in [0.4, 0.5) is 0 Å². The standard InChI is InChI=1S/C10H14N2O.2ClH/c1-13-9-3-5-12-10(6-9)8-2-4-11-7-8;;/h3,5-6,8,11H,2,4,7H2,1H3;2*1H. The second kappa shape index (κ2) is 6.88. The highest BCUT2D eigenvalue weighted by molar-refractivity contribution is 5.85. The van der Waals surface area contributed by atoms with Gasteiger partial charge in [-0.2, -0.15) is 0 Å². The first-order valence-corrected chi connectivity index (χ1v) is 4.61. The summed E-state index contributed by atoms with van der Waals surface area (Å²) >= 11 is 0. The molecular formula is C10H16Cl2N2O. The van der Waals surface area contributed by atoms with Crippen molar-refractivity contribution in [1.29, 1.82) is 0 Å². The van der Waals surface area contributed by atoms with E-state index in [1.807, 2.05) is 18.3 Å². The van der Waals surface area contributed by atoms with Gasteiger partial charge in [-0.05, 0) is 19.0 Å². The lowest BCUT2D eigenvalue weighted by Crippen LogP contribution is -2.08. The van der Waals surface area contributed by atoms with E-state index in [-0.39, 0.29) is 24.8 Å². The van der Waals surface area contributed by atoms with Crippen LogP contribution in [-0.2, 0) is 0 Å². The van der Waals surface area contributed by atoms with Crippen LogP contribution >= 0.6 is 24.8 Å². The molecule has 2 heterocycles. The number of nitrogens with zero attached hydrogens (tertiary/aromatic N) is 1. The lowest BCUT2D eigenvalue weighted by atomic mass is 10.0. The Morgan fingerprint density at radius 1 is 1.47 bits per heavy atom. The van der Waals surface area contributed by atoms with Crippen molar-refractivity contribution in [2.75, 3.05) is 20.2 Å². The van der Waals surface area contributed by atoms with Gasteiger partial charge in [-0.25, -0.2) is 0 Å². The maximum Gasteiger partial charge on any atom is 0.122 e. The Bertz CT molecular complexity index is 291. The number of halogens is 2. The highest BCUT2D eigenvalue weighted by atomic mass is 35.5. The molecule has 0 spiro atoms. The zero-order valence-corrected chi connectivity index (χ0v) is 10.2. The molecule has 3 nitrogen and oxygen atoms in total. The fourth-order valence-electron chi connectivity index (χ4n) is 1.69. The van der Waals surface area contributed by atoms with Gasteiger partial charge in [-0.3, -0.25) is 4.98 Å². The molecule has 1 aliphatic heterocycles. The van der Waals surface area contributed by atoms with Crippen molar-refractivity contribution in [1.82, 2.24) is 10.3 Å². The van der Waals surface area contributed by atoms with Crippen molar-refractivity contribution in [3.8, 4) is 5.75 Å². The molecule has 2 rings (SSSR count). The number of methoxy groups -OCH3 is 1. The fraction of sp³-hybridized carbons (Fsp3) is 0.500. The van der Waals surface area contributed by atoms with Gasteiger partial charge in [-0.1, -0.05) is 0 Å². The lowest BCUT2D eigenvalue weighted by Gasteiger charge is -2.08. The summed E-state index contributed by atoms with van der Waals surface area (Å²) in [6, 6.07) is 3.91. The van der Waals surface area contributed by atoms with E-state index < -0.39 is 0 Å². The van der Waals surface area contributed by atoms with E-state index in [9.17, 15) is 0 Å². The Morgan fingerprint density at radius 3 is 2.87 bits per heavy atom. The molecule has 1 saturated heterocycles. The first kappa shape index (κ1) is 14.5. The SMILES string of the molecule is COc1ccnc(C2CCNC2)c1.Cl.Cl. The molecule has 0 radical (unpaired) electrons. The molecule has 0 aromatic carbocycles. The number of ether oxygens (including phenoxy) is 1. The van der Waals surface area contributed by atoms with Gasteiger partial charge in [0, 0.05) is 30.4 Å². The number of rotatable bonds is 2. The number of aromatic nitrogens is 1. The molecule has 0 aliphatic carbocycles. The number of nitrogens with one attached hydrogen (secondary N) is 1. The van der Waals surface area contributed by atoms with Gasteiger partial charge in [0.05, 0.1) is 7.11 Å². The third kappa shape index (κ3) is 3.52. The molecule has 1 aromatic heterocycles. The van der Waals surface area contributed by atoms with E-state index >= 15 is 0 Å². The van der Waals surface area contributed by atoms with Crippen LogP contribution in [0.25, 0.3) is 0 Å². The number of pyridine rings is 1. The molecule has 1 aromatic rings. The molecular weight excluding hydrogens is 235 g/mol. The summed E-state index contributed by atoms with van der Waals surface area (Å²) < 4.78 is 5.15. The first-order valence-electron chi connectivity index (χ1n) is 4.61. The Labute approximate surface area is 102 Å². The van der Waals surface area contributed by atoms with Gasteiger partial charge in [0.25, 0.3) is 0 Å². The van der Waals surface area contributed by atoms with E-state index in [0.717, 1.165) is 24.5 Å². The van der Waals surface area contributed by atoms with Crippen LogP contribution < -0.4 is 10.1 Å². The number of hydrogen-bond donors (Lipinski definition) is 1. The Kier molecular flexibility index (Phi) is 6.65. The van der Waals surface area contributed by atoms with Crippen LogP contribution in [0.3, 0.4) is 0 Å².